The van der Waals surface area contributed by atoms with Crippen molar-refractivity contribution >= 4 is 42.4 Å². The Labute approximate surface area is 62.7 Å². The van der Waals surface area contributed by atoms with Gasteiger partial charge in [-0.1, -0.05) is 0 Å². The van der Waals surface area contributed by atoms with Crippen LogP contribution < -0.4 is 0 Å². The van der Waals surface area contributed by atoms with Gasteiger partial charge in [0.15, 0.2) is 17.4 Å². The van der Waals surface area contributed by atoms with Gasteiger partial charge in [0, 0.05) is 0 Å². The van der Waals surface area contributed by atoms with Crippen molar-refractivity contribution in [3.63, 3.8) is 0 Å². The van der Waals surface area contributed by atoms with Crippen LogP contribution in [-0.4, -0.2) is 52.7 Å². The Balaban J connectivity index is -0.0000000800. The van der Waals surface area contributed by atoms with E-state index >= 15 is 0 Å². The molecule has 0 spiro atoms. The molecule has 0 saturated heterocycles. The summed E-state index contributed by atoms with van der Waals surface area (Å²) in [7, 11) is 0. The number of carbonyl (C=O) groups is 1. The molecule has 0 aromatic heterocycles. The zero-order valence-corrected chi connectivity index (χ0v) is 2.21. The van der Waals surface area contributed by atoms with Crippen molar-refractivity contribution < 1.29 is 20.0 Å². The Morgan fingerprint density at radius 3 is 1.71 bits per heavy atom. The second-order valence-corrected chi connectivity index (χ2v) is 0.357. The van der Waals surface area contributed by atoms with Gasteiger partial charge in [-0.15, -0.1) is 0 Å². The molecule has 6 heteroatoms. The van der Waals surface area contributed by atoms with E-state index < -0.39 is 6.16 Å². The molecule has 2 N–H and O–H groups in total. The summed E-state index contributed by atoms with van der Waals surface area (Å²) in [5.74, 6) is 0. The molecule has 4 nitrogen and oxygen atoms in total. The number of hydrogen-bond donors (Lipinski definition) is 2. The van der Waals surface area contributed by atoms with Crippen molar-refractivity contribution in [1.29, 1.82) is 0 Å². The molecule has 0 atom stereocenters. The average molecular weight is 116 g/mol. The molecule has 0 unspecified atom stereocenters. The quantitative estimate of drug-likeness (QED) is 0.225. The molecule has 0 aromatic carbocycles. The molecule has 0 aliphatic heterocycles. The summed E-state index contributed by atoms with van der Waals surface area (Å²) in [5, 5.41) is 14.3. The molecule has 0 heterocycles. The zero-order chi connectivity index (χ0) is 4.28. The second-order valence-electron chi connectivity index (χ2n) is 0.357. The van der Waals surface area contributed by atoms with Crippen LogP contribution in [0.2, 0.25) is 0 Å². The molecule has 0 radical (unpaired) electrons. The Morgan fingerprint density at radius 2 is 1.71 bits per heavy atom. The Morgan fingerprint density at radius 1 is 1.57 bits per heavy atom. The molecule has 0 aliphatic rings. The van der Waals surface area contributed by atoms with Gasteiger partial charge < -0.3 is 5.11 Å². The normalized spacial score (nSPS) is 4.71. The fraction of sp³-hybridized carbons (Fsp3) is 0. The summed E-state index contributed by atoms with van der Waals surface area (Å²) >= 11 is 0. The summed E-state index contributed by atoms with van der Waals surface area (Å²) in [6.07, 6.45) is -1.69. The van der Waals surface area contributed by atoms with E-state index in [0.717, 1.165) is 0 Å². The zero-order valence-electron chi connectivity index (χ0n) is 2.21. The van der Waals surface area contributed by atoms with Gasteiger partial charge >= 0.3 is 25.0 Å². The van der Waals surface area contributed by atoms with Crippen molar-refractivity contribution in [2.75, 3.05) is 0 Å². The molecule has 0 amide bonds. The molecule has 0 fully saturated rings. The van der Waals surface area contributed by atoms with E-state index in [4.69, 9.17) is 15.2 Å². The summed E-state index contributed by atoms with van der Waals surface area (Å²) in [5.41, 5.74) is 0. The fourth-order valence-corrected chi connectivity index (χ4v) is 0. The van der Waals surface area contributed by atoms with Gasteiger partial charge in [-0.3, -0.25) is 4.89 Å². The van der Waals surface area contributed by atoms with E-state index in [1.165, 1.54) is 0 Å². The molecule has 0 rings (SSSR count). The molecule has 0 aliphatic carbocycles. The summed E-state index contributed by atoms with van der Waals surface area (Å²) < 4.78 is 0. The van der Waals surface area contributed by atoms with Crippen molar-refractivity contribution in [3.05, 3.63) is 0 Å². The number of carboxylic acid groups (broad SMARTS) is 1. The van der Waals surface area contributed by atoms with Crippen LogP contribution in [0.15, 0.2) is 0 Å². The van der Waals surface area contributed by atoms with Crippen LogP contribution in [0.1, 0.15) is 0 Å². The van der Waals surface area contributed by atoms with E-state index in [-0.39, 0.29) is 36.2 Å². The third-order valence-electron chi connectivity index (χ3n) is 0.0781. The van der Waals surface area contributed by atoms with E-state index in [2.05, 4.69) is 4.89 Å². The number of rotatable bonds is 0. The molecule has 7 heavy (non-hydrogen) atoms. The van der Waals surface area contributed by atoms with Crippen LogP contribution in [0, 0.1) is 0 Å². The fourth-order valence-electron chi connectivity index (χ4n) is 0. The average Bonchev–Trinajstić information content (AvgIpc) is 1.38. The third-order valence-corrected chi connectivity index (χ3v) is 0.0781. The molecular weight excluding hydrogens is 110 g/mol. The minimum atomic E-state index is -1.69. The molecule has 0 bridgehead atoms. The van der Waals surface area contributed by atoms with Crippen molar-refractivity contribution in [1.82, 2.24) is 0 Å². The van der Waals surface area contributed by atoms with Gasteiger partial charge in [0.2, 0.25) is 0 Å². The SMILES string of the molecule is O=C(O)OO.[AlH3].[LiH]. The van der Waals surface area contributed by atoms with Gasteiger partial charge in [0.1, 0.15) is 0 Å². The van der Waals surface area contributed by atoms with E-state index in [0.29, 0.717) is 0 Å². The number of hydrogen-bond acceptors (Lipinski definition) is 3. The van der Waals surface area contributed by atoms with Crippen LogP contribution in [0.25, 0.3) is 0 Å². The molecule has 0 saturated carbocycles. The summed E-state index contributed by atoms with van der Waals surface area (Å²) in [6.45, 7) is 0. The van der Waals surface area contributed by atoms with Crippen LogP contribution in [0.4, 0.5) is 4.79 Å². The second kappa shape index (κ2) is 9.61. The maximum atomic E-state index is 8.90. The predicted molar refractivity (Wildman–Crippen MR) is 28.8 cm³/mol. The topological polar surface area (TPSA) is 66.8 Å². The van der Waals surface area contributed by atoms with E-state index in [1.807, 2.05) is 0 Å². The standard InChI is InChI=1S/CH2O4.Al.Li.4H/c2-1(3)5-4;;;;;;/h4H,(H,2,3);;;;;;. The van der Waals surface area contributed by atoms with Crippen molar-refractivity contribution in [2.45, 2.75) is 0 Å². The van der Waals surface area contributed by atoms with Crippen LogP contribution >= 0.6 is 0 Å². The van der Waals surface area contributed by atoms with Gasteiger partial charge in [-0.2, -0.15) is 5.26 Å². The maximum absolute atomic E-state index is 8.90. The van der Waals surface area contributed by atoms with Gasteiger partial charge in [0.05, 0.1) is 0 Å². The van der Waals surface area contributed by atoms with Crippen molar-refractivity contribution in [3.8, 4) is 0 Å². The molecular formula is CH6AlLiO4. The Bertz CT molecular complexity index is 47.0. The first-order chi connectivity index (χ1) is 2.27. The minimum absolute atomic E-state index is 0. The third kappa shape index (κ3) is 21.7. The van der Waals surface area contributed by atoms with Gasteiger partial charge in [-0.05, 0) is 0 Å². The summed E-state index contributed by atoms with van der Waals surface area (Å²) in [4.78, 5) is 11.6. The van der Waals surface area contributed by atoms with Gasteiger partial charge in [-0.25, -0.2) is 4.79 Å². The van der Waals surface area contributed by atoms with Crippen LogP contribution in [-0.2, 0) is 4.89 Å². The van der Waals surface area contributed by atoms with Crippen LogP contribution in [0.5, 0.6) is 0 Å². The Hall–Kier alpha value is 0.360. The van der Waals surface area contributed by atoms with E-state index in [1.54, 1.807) is 0 Å². The molecule has 0 aromatic rings. The first kappa shape index (κ1) is 15.7. The first-order valence-corrected chi connectivity index (χ1v) is 0.814. The predicted octanol–water partition coefficient (Wildman–Crippen LogP) is -1.68. The Kier molecular flexibility index (Phi) is 21.5. The van der Waals surface area contributed by atoms with Gasteiger partial charge in [0.25, 0.3) is 0 Å². The monoisotopic (exact) mass is 116 g/mol. The first-order valence-electron chi connectivity index (χ1n) is 0.814. The van der Waals surface area contributed by atoms with E-state index in [9.17, 15) is 0 Å². The van der Waals surface area contributed by atoms with Crippen LogP contribution in [0.3, 0.4) is 0 Å². The summed E-state index contributed by atoms with van der Waals surface area (Å²) in [6, 6.07) is 0. The van der Waals surface area contributed by atoms with Crippen molar-refractivity contribution in [2.24, 2.45) is 0 Å². The molecule has 38 valence electrons.